The number of rotatable bonds is 2. The number of alkyl carbamates (subject to hydrolysis) is 1. The molecular formula is C12H21NO5. The minimum Gasteiger partial charge on any atom is -0.469 e. The number of esters is 1. The molecule has 0 spiro atoms. The fraction of sp³-hybridized carbons (Fsp3) is 0.833. The van der Waals surface area contributed by atoms with E-state index in [0.717, 1.165) is 0 Å². The summed E-state index contributed by atoms with van der Waals surface area (Å²) < 4.78 is 9.72. The molecule has 0 unspecified atom stereocenters. The highest BCUT2D eigenvalue weighted by molar-refractivity contribution is 5.73. The zero-order valence-electron chi connectivity index (χ0n) is 11.2. The standard InChI is InChI=1S/C12H21NO5/c1-12(2,3)18-11(16)13-8-5-7(6-9(8)14)10(15)17-4/h7-9,14H,5-6H2,1-4H3,(H,13,16)/t7-,8-,9-/m1/s1. The molecule has 0 radical (unpaired) electrons. The highest BCUT2D eigenvalue weighted by Gasteiger charge is 2.38. The van der Waals surface area contributed by atoms with Crippen LogP contribution in [0.15, 0.2) is 0 Å². The number of methoxy groups -OCH3 is 1. The molecule has 18 heavy (non-hydrogen) atoms. The lowest BCUT2D eigenvalue weighted by Gasteiger charge is -2.22. The Balaban J connectivity index is 2.49. The Labute approximate surface area is 107 Å². The quantitative estimate of drug-likeness (QED) is 0.717. The molecular weight excluding hydrogens is 238 g/mol. The fourth-order valence-corrected chi connectivity index (χ4v) is 1.99. The summed E-state index contributed by atoms with van der Waals surface area (Å²) in [6, 6.07) is -0.469. The molecule has 0 aromatic rings. The maximum Gasteiger partial charge on any atom is 0.407 e. The van der Waals surface area contributed by atoms with Gasteiger partial charge in [0.25, 0.3) is 0 Å². The molecule has 6 heteroatoms. The average molecular weight is 259 g/mol. The van der Waals surface area contributed by atoms with Crippen molar-refractivity contribution in [2.24, 2.45) is 5.92 Å². The van der Waals surface area contributed by atoms with Gasteiger partial charge in [0.15, 0.2) is 0 Å². The summed E-state index contributed by atoms with van der Waals surface area (Å²) >= 11 is 0. The summed E-state index contributed by atoms with van der Waals surface area (Å²) in [6.07, 6.45) is -0.668. The lowest BCUT2D eigenvalue weighted by atomic mass is 10.1. The highest BCUT2D eigenvalue weighted by Crippen LogP contribution is 2.27. The number of aliphatic hydroxyl groups is 1. The molecule has 0 aromatic heterocycles. The van der Waals surface area contributed by atoms with Crippen LogP contribution >= 0.6 is 0 Å². The van der Waals surface area contributed by atoms with Crippen molar-refractivity contribution in [3.8, 4) is 0 Å². The predicted molar refractivity (Wildman–Crippen MR) is 63.9 cm³/mol. The van der Waals surface area contributed by atoms with Gasteiger partial charge < -0.3 is 19.9 Å². The van der Waals surface area contributed by atoms with Gasteiger partial charge in [-0.1, -0.05) is 0 Å². The van der Waals surface area contributed by atoms with E-state index in [1.165, 1.54) is 7.11 Å². The molecule has 0 aromatic carbocycles. The summed E-state index contributed by atoms with van der Waals surface area (Å²) in [5.74, 6) is -0.729. The second-order valence-electron chi connectivity index (χ2n) is 5.51. The Bertz CT molecular complexity index is 323. The molecule has 104 valence electrons. The summed E-state index contributed by atoms with van der Waals surface area (Å²) in [7, 11) is 1.31. The van der Waals surface area contributed by atoms with E-state index < -0.39 is 23.8 Å². The van der Waals surface area contributed by atoms with E-state index in [1.54, 1.807) is 20.8 Å². The Kier molecular flexibility index (Phi) is 4.56. The third-order valence-electron chi connectivity index (χ3n) is 2.77. The Morgan fingerprint density at radius 3 is 2.39 bits per heavy atom. The fourth-order valence-electron chi connectivity index (χ4n) is 1.99. The van der Waals surface area contributed by atoms with E-state index in [2.05, 4.69) is 10.1 Å². The van der Waals surface area contributed by atoms with E-state index in [-0.39, 0.29) is 11.9 Å². The summed E-state index contributed by atoms with van der Waals surface area (Å²) in [5, 5.41) is 12.3. The molecule has 1 aliphatic carbocycles. The van der Waals surface area contributed by atoms with E-state index in [0.29, 0.717) is 12.8 Å². The first-order valence-corrected chi connectivity index (χ1v) is 5.98. The molecule has 2 N–H and O–H groups in total. The molecule has 1 rings (SSSR count). The van der Waals surface area contributed by atoms with Crippen LogP contribution in [0.5, 0.6) is 0 Å². The zero-order chi connectivity index (χ0) is 13.9. The number of carbonyl (C=O) groups is 2. The van der Waals surface area contributed by atoms with E-state index in [9.17, 15) is 14.7 Å². The lowest BCUT2D eigenvalue weighted by molar-refractivity contribution is -0.145. The van der Waals surface area contributed by atoms with Crippen molar-refractivity contribution in [3.63, 3.8) is 0 Å². The minimum absolute atomic E-state index is 0.299. The van der Waals surface area contributed by atoms with Gasteiger partial charge in [-0.25, -0.2) is 4.79 Å². The molecule has 0 aliphatic heterocycles. The largest absolute Gasteiger partial charge is 0.469 e. The summed E-state index contributed by atoms with van der Waals surface area (Å²) in [5.41, 5.74) is -0.588. The van der Waals surface area contributed by atoms with Crippen molar-refractivity contribution in [2.75, 3.05) is 7.11 Å². The molecule has 6 nitrogen and oxygen atoms in total. The molecule has 1 fully saturated rings. The molecule has 1 aliphatic rings. The van der Waals surface area contributed by atoms with Crippen LogP contribution in [0.4, 0.5) is 4.79 Å². The molecule has 1 amide bonds. The maximum atomic E-state index is 11.5. The van der Waals surface area contributed by atoms with E-state index in [1.807, 2.05) is 0 Å². The number of nitrogens with one attached hydrogen (secondary N) is 1. The van der Waals surface area contributed by atoms with Crippen molar-refractivity contribution in [1.29, 1.82) is 0 Å². The van der Waals surface area contributed by atoms with Gasteiger partial charge in [-0.15, -0.1) is 0 Å². The predicted octanol–water partition coefficient (Wildman–Crippen LogP) is 0.824. The number of aliphatic hydroxyl groups excluding tert-OH is 1. The van der Waals surface area contributed by atoms with Crippen molar-refractivity contribution in [2.45, 2.75) is 51.4 Å². The van der Waals surface area contributed by atoms with Crippen LogP contribution in [0.2, 0.25) is 0 Å². The van der Waals surface area contributed by atoms with E-state index in [4.69, 9.17) is 4.74 Å². The van der Waals surface area contributed by atoms with Crippen LogP contribution in [0, 0.1) is 5.92 Å². The van der Waals surface area contributed by atoms with Gasteiger partial charge in [-0.05, 0) is 33.6 Å². The third-order valence-corrected chi connectivity index (χ3v) is 2.77. The van der Waals surface area contributed by atoms with Crippen LogP contribution in [0.1, 0.15) is 33.6 Å². The molecule has 1 saturated carbocycles. The maximum absolute atomic E-state index is 11.5. The van der Waals surface area contributed by atoms with Gasteiger partial charge in [0.2, 0.25) is 0 Å². The first-order valence-electron chi connectivity index (χ1n) is 5.98. The first kappa shape index (κ1) is 14.8. The highest BCUT2D eigenvalue weighted by atomic mass is 16.6. The number of hydrogen-bond donors (Lipinski definition) is 2. The Hall–Kier alpha value is -1.30. The Morgan fingerprint density at radius 1 is 1.28 bits per heavy atom. The van der Waals surface area contributed by atoms with Gasteiger partial charge in [-0.2, -0.15) is 0 Å². The average Bonchev–Trinajstić information content (AvgIpc) is 2.56. The molecule has 0 bridgehead atoms. The van der Waals surface area contributed by atoms with Gasteiger partial charge in [-0.3, -0.25) is 4.79 Å². The summed E-state index contributed by atoms with van der Waals surface area (Å²) in [4.78, 5) is 22.9. The molecule has 0 heterocycles. The van der Waals surface area contributed by atoms with Crippen molar-refractivity contribution >= 4 is 12.1 Å². The van der Waals surface area contributed by atoms with Crippen LogP contribution in [-0.4, -0.2) is 42.0 Å². The smallest absolute Gasteiger partial charge is 0.407 e. The molecule has 3 atom stereocenters. The van der Waals surface area contributed by atoms with Crippen LogP contribution in [0.25, 0.3) is 0 Å². The van der Waals surface area contributed by atoms with Gasteiger partial charge >= 0.3 is 12.1 Å². The van der Waals surface area contributed by atoms with Gasteiger partial charge in [0, 0.05) is 0 Å². The minimum atomic E-state index is -0.749. The first-order chi connectivity index (χ1) is 8.23. The van der Waals surface area contributed by atoms with Crippen molar-refractivity contribution in [1.82, 2.24) is 5.32 Å². The summed E-state index contributed by atoms with van der Waals surface area (Å²) in [6.45, 7) is 5.28. The lowest BCUT2D eigenvalue weighted by Crippen LogP contribution is -2.42. The second kappa shape index (κ2) is 5.56. The zero-order valence-corrected chi connectivity index (χ0v) is 11.2. The van der Waals surface area contributed by atoms with E-state index >= 15 is 0 Å². The topological polar surface area (TPSA) is 84.9 Å². The number of carbonyl (C=O) groups excluding carboxylic acids is 2. The SMILES string of the molecule is COC(=O)[C@H]1C[C@@H](O)[C@H](NC(=O)OC(C)(C)C)C1. The van der Waals surface area contributed by atoms with Crippen LogP contribution < -0.4 is 5.32 Å². The monoisotopic (exact) mass is 259 g/mol. The Morgan fingerprint density at radius 2 is 1.89 bits per heavy atom. The number of hydrogen-bond acceptors (Lipinski definition) is 5. The number of amides is 1. The van der Waals surface area contributed by atoms with Gasteiger partial charge in [0.05, 0.1) is 25.2 Å². The van der Waals surface area contributed by atoms with Crippen molar-refractivity contribution in [3.05, 3.63) is 0 Å². The third kappa shape index (κ3) is 4.18. The van der Waals surface area contributed by atoms with Gasteiger partial charge in [0.1, 0.15) is 5.60 Å². The number of ether oxygens (including phenoxy) is 2. The van der Waals surface area contributed by atoms with Crippen LogP contribution in [0.3, 0.4) is 0 Å². The van der Waals surface area contributed by atoms with Crippen LogP contribution in [-0.2, 0) is 14.3 Å². The van der Waals surface area contributed by atoms with Crippen molar-refractivity contribution < 1.29 is 24.2 Å². The molecule has 0 saturated heterocycles. The normalized spacial score (nSPS) is 27.7. The second-order valence-corrected chi connectivity index (χ2v) is 5.51.